The van der Waals surface area contributed by atoms with E-state index in [0.717, 1.165) is 28.6 Å². The van der Waals surface area contributed by atoms with Gasteiger partial charge in [0.1, 0.15) is 6.04 Å². The first-order valence-electron chi connectivity index (χ1n) is 12.2. The Morgan fingerprint density at radius 2 is 1.95 bits per heavy atom. The molecule has 2 aliphatic heterocycles. The van der Waals surface area contributed by atoms with Crippen LogP contribution in [0, 0.1) is 0 Å². The van der Waals surface area contributed by atoms with Crippen LogP contribution in [0.15, 0.2) is 58.9 Å². The predicted octanol–water partition coefficient (Wildman–Crippen LogP) is 2.24. The van der Waals surface area contributed by atoms with Crippen LogP contribution in [-0.4, -0.2) is 64.3 Å². The molecule has 0 saturated carbocycles. The van der Waals surface area contributed by atoms with E-state index in [2.05, 4.69) is 11.4 Å². The van der Waals surface area contributed by atoms with Gasteiger partial charge in [-0.2, -0.15) is 0 Å². The maximum Gasteiger partial charge on any atom is 0.429 e. The Balaban J connectivity index is 1.57. The second-order valence-electron chi connectivity index (χ2n) is 9.27. The first-order valence-corrected chi connectivity index (χ1v) is 12.7. The smallest absolute Gasteiger partial charge is 0.429 e. The van der Waals surface area contributed by atoms with Crippen molar-refractivity contribution in [2.45, 2.75) is 49.9 Å². The standard InChI is InChI=1S/C26H28BClN4O5/c28-20-4-1-3-18(13-20)16-7-9-17(10-8-16)21-14-19-11-12-24(34)32(27(19)31-21)22(5-2-6-25(35)36)26(37)30-15-23(29)33/h1,3-4,7-10,14,20,22H,2,5-6,11-13,15H2,(H2,29,33)(H,30,37)(H,35,36). The molecule has 2 atom stereocenters. The van der Waals surface area contributed by atoms with E-state index in [1.165, 1.54) is 4.81 Å². The molecule has 1 saturated heterocycles. The zero-order valence-electron chi connectivity index (χ0n) is 20.2. The number of allylic oxidation sites excluding steroid dienone is 6. The molecule has 0 radical (unpaired) electrons. The molecular formula is C26H28BClN4O5. The molecule has 3 amide bonds. The first kappa shape index (κ1) is 26.4. The van der Waals surface area contributed by atoms with Crippen molar-refractivity contribution in [3.05, 3.63) is 65.2 Å². The number of alkyl halides is 1. The Hall–Kier alpha value is -3.66. The van der Waals surface area contributed by atoms with Gasteiger partial charge < -0.3 is 25.9 Å². The molecule has 2 unspecified atom stereocenters. The Kier molecular flexibility index (Phi) is 8.28. The van der Waals surface area contributed by atoms with Gasteiger partial charge in [0.2, 0.25) is 17.7 Å². The fourth-order valence-corrected chi connectivity index (χ4v) is 5.06. The lowest BCUT2D eigenvalue weighted by atomic mass is 9.61. The van der Waals surface area contributed by atoms with E-state index in [0.29, 0.717) is 12.1 Å². The number of carboxylic acids is 1. The zero-order chi connectivity index (χ0) is 26.5. The minimum absolute atomic E-state index is 0.0288. The summed E-state index contributed by atoms with van der Waals surface area (Å²) >= 11 is 6.25. The molecule has 3 aliphatic rings. The molecule has 1 aromatic carbocycles. The molecule has 192 valence electrons. The lowest BCUT2D eigenvalue weighted by molar-refractivity contribution is -0.138. The fraction of sp³-hybridized carbons (Fsp3) is 0.346. The van der Waals surface area contributed by atoms with Crippen molar-refractivity contribution in [1.29, 1.82) is 0 Å². The number of nitrogens with zero attached hydrogens (tertiary/aromatic N) is 2. The Morgan fingerprint density at radius 1 is 1.22 bits per heavy atom. The number of carbonyl (C=O) groups excluding carboxylic acids is 3. The second-order valence-corrected chi connectivity index (χ2v) is 9.83. The monoisotopic (exact) mass is 522 g/mol. The number of primary amides is 1. The van der Waals surface area contributed by atoms with E-state index in [1.54, 1.807) is 0 Å². The molecular weight excluding hydrogens is 495 g/mol. The summed E-state index contributed by atoms with van der Waals surface area (Å²) < 4.78 is 0. The zero-order valence-corrected chi connectivity index (χ0v) is 21.0. The Bertz CT molecular complexity index is 1220. The number of nitrogens with two attached hydrogens (primary N) is 1. The van der Waals surface area contributed by atoms with Gasteiger partial charge in [-0.05, 0) is 48.5 Å². The third-order valence-electron chi connectivity index (χ3n) is 6.62. The van der Waals surface area contributed by atoms with Crippen molar-refractivity contribution >= 4 is 53.6 Å². The molecule has 0 spiro atoms. The average molecular weight is 523 g/mol. The van der Waals surface area contributed by atoms with Gasteiger partial charge in [0.05, 0.1) is 17.6 Å². The van der Waals surface area contributed by atoms with E-state index < -0.39 is 30.8 Å². The van der Waals surface area contributed by atoms with Gasteiger partial charge in [-0.3, -0.25) is 19.2 Å². The van der Waals surface area contributed by atoms with Crippen LogP contribution in [0.1, 0.15) is 49.7 Å². The van der Waals surface area contributed by atoms with Crippen LogP contribution in [0.2, 0.25) is 0 Å². The number of aliphatic carboxylic acids is 1. The number of hydrogen-bond donors (Lipinski definition) is 3. The highest BCUT2D eigenvalue weighted by Crippen LogP contribution is 2.31. The summed E-state index contributed by atoms with van der Waals surface area (Å²) in [6, 6.07) is 7.01. The molecule has 2 heterocycles. The summed E-state index contributed by atoms with van der Waals surface area (Å²) in [5.74, 6) is -2.51. The van der Waals surface area contributed by atoms with Crippen molar-refractivity contribution < 1.29 is 24.3 Å². The number of fused-ring (bicyclic) bond motifs is 1. The van der Waals surface area contributed by atoms with Crippen molar-refractivity contribution in [2.24, 2.45) is 10.6 Å². The number of carboxylic acid groups (broad SMARTS) is 1. The second kappa shape index (κ2) is 11.6. The molecule has 0 bridgehead atoms. The van der Waals surface area contributed by atoms with Gasteiger partial charge in [-0.15, -0.1) is 11.6 Å². The van der Waals surface area contributed by atoms with E-state index in [9.17, 15) is 19.2 Å². The first-order chi connectivity index (χ1) is 17.7. The summed E-state index contributed by atoms with van der Waals surface area (Å²) in [7, 11) is 0. The van der Waals surface area contributed by atoms with Crippen molar-refractivity contribution in [3.63, 3.8) is 0 Å². The SMILES string of the molecule is NC(=O)CNC(=O)C(CCCC(=O)O)N1B2N=C(c3ccc(C4=CC=CC(Cl)C4)cc3)C=C2CCC1=O. The molecule has 4 N–H and O–H groups in total. The number of hydrogen-bond acceptors (Lipinski definition) is 5. The number of nitrogens with one attached hydrogen (secondary N) is 1. The van der Waals surface area contributed by atoms with Crippen LogP contribution in [-0.2, 0) is 19.2 Å². The quantitative estimate of drug-likeness (QED) is 0.319. The summed E-state index contributed by atoms with van der Waals surface area (Å²) in [6.07, 6.45) is 9.56. The van der Waals surface area contributed by atoms with Gasteiger partial charge in [0, 0.05) is 12.8 Å². The van der Waals surface area contributed by atoms with E-state index >= 15 is 0 Å². The van der Waals surface area contributed by atoms with E-state index in [4.69, 9.17) is 27.3 Å². The van der Waals surface area contributed by atoms with Crippen LogP contribution in [0.5, 0.6) is 0 Å². The summed E-state index contributed by atoms with van der Waals surface area (Å²) in [5, 5.41) is 11.5. The fourth-order valence-electron chi connectivity index (χ4n) is 4.81. The summed E-state index contributed by atoms with van der Waals surface area (Å²) in [5.41, 5.74) is 9.89. The highest BCUT2D eigenvalue weighted by atomic mass is 35.5. The molecule has 0 aromatic heterocycles. The summed E-state index contributed by atoms with van der Waals surface area (Å²) in [6.45, 7) is -1.03. The third kappa shape index (κ3) is 6.38. The predicted molar refractivity (Wildman–Crippen MR) is 142 cm³/mol. The topological polar surface area (TPSA) is 142 Å². The van der Waals surface area contributed by atoms with Crippen LogP contribution in [0.3, 0.4) is 0 Å². The van der Waals surface area contributed by atoms with E-state index in [1.807, 2.05) is 42.5 Å². The normalized spacial score (nSPS) is 19.5. The molecule has 4 rings (SSSR count). The maximum atomic E-state index is 13.0. The van der Waals surface area contributed by atoms with Crippen LogP contribution >= 0.6 is 11.6 Å². The van der Waals surface area contributed by atoms with Gasteiger partial charge in [-0.1, -0.05) is 48.0 Å². The van der Waals surface area contributed by atoms with E-state index in [-0.39, 0.29) is 43.5 Å². The van der Waals surface area contributed by atoms with Crippen molar-refractivity contribution in [3.8, 4) is 0 Å². The number of amides is 3. The molecule has 11 heteroatoms. The van der Waals surface area contributed by atoms with Crippen LogP contribution < -0.4 is 11.1 Å². The van der Waals surface area contributed by atoms with Gasteiger partial charge in [-0.25, -0.2) is 0 Å². The minimum Gasteiger partial charge on any atom is -0.481 e. The number of benzene rings is 1. The number of halogens is 1. The van der Waals surface area contributed by atoms with Gasteiger partial charge in [0.15, 0.2) is 0 Å². The third-order valence-corrected chi connectivity index (χ3v) is 6.92. The van der Waals surface area contributed by atoms with Crippen LogP contribution in [0.25, 0.3) is 5.57 Å². The molecule has 1 aliphatic carbocycles. The molecule has 9 nitrogen and oxygen atoms in total. The Labute approximate surface area is 220 Å². The highest BCUT2D eigenvalue weighted by molar-refractivity contribution is 6.70. The minimum atomic E-state index is -0.993. The molecule has 1 fully saturated rings. The Morgan fingerprint density at radius 3 is 2.62 bits per heavy atom. The van der Waals surface area contributed by atoms with Crippen LogP contribution in [0.4, 0.5) is 0 Å². The number of carbonyl (C=O) groups is 4. The average Bonchev–Trinajstić information content (AvgIpc) is 3.30. The number of rotatable bonds is 10. The molecule has 1 aromatic rings. The maximum absolute atomic E-state index is 13.0. The van der Waals surface area contributed by atoms with Gasteiger partial charge >= 0.3 is 13.0 Å². The largest absolute Gasteiger partial charge is 0.481 e. The lowest BCUT2D eigenvalue weighted by Crippen LogP contribution is -2.58. The van der Waals surface area contributed by atoms with Crippen molar-refractivity contribution in [2.75, 3.05) is 6.54 Å². The highest BCUT2D eigenvalue weighted by Gasteiger charge is 2.45. The van der Waals surface area contributed by atoms with Crippen molar-refractivity contribution in [1.82, 2.24) is 10.1 Å². The van der Waals surface area contributed by atoms with Gasteiger partial charge in [0.25, 0.3) is 0 Å². The molecule has 37 heavy (non-hydrogen) atoms. The summed E-state index contributed by atoms with van der Waals surface area (Å²) in [4.78, 5) is 54.5. The lowest BCUT2D eigenvalue weighted by Gasteiger charge is -2.36.